The average Bonchev–Trinajstić information content (AvgIpc) is 2.37. The van der Waals surface area contributed by atoms with Crippen LogP contribution < -0.4 is 4.74 Å². The third-order valence-electron chi connectivity index (χ3n) is 2.74. The van der Waals surface area contributed by atoms with E-state index in [1.165, 1.54) is 0 Å². The van der Waals surface area contributed by atoms with Crippen molar-refractivity contribution in [1.82, 2.24) is 4.98 Å². The molecule has 1 aromatic carbocycles. The number of ketones is 1. The predicted molar refractivity (Wildman–Crippen MR) is 77.5 cm³/mol. The lowest BCUT2D eigenvalue weighted by molar-refractivity contribution is 0.101. The first-order valence-electron chi connectivity index (χ1n) is 5.90. The van der Waals surface area contributed by atoms with E-state index in [1.54, 1.807) is 25.4 Å². The van der Waals surface area contributed by atoms with Gasteiger partial charge in [0.2, 0.25) is 0 Å². The van der Waals surface area contributed by atoms with E-state index < -0.39 is 0 Å². The van der Waals surface area contributed by atoms with Crippen LogP contribution in [0, 0.1) is 6.92 Å². The number of halogens is 1. The summed E-state index contributed by atoms with van der Waals surface area (Å²) in [7, 11) is 0. The number of rotatable bonds is 4. The fraction of sp³-hybridized carbons (Fsp3) is 0.200. The third-order valence-corrected chi connectivity index (χ3v) is 3.17. The normalized spacial score (nSPS) is 10.3. The summed E-state index contributed by atoms with van der Waals surface area (Å²) in [5, 5.41) is 0. The highest BCUT2D eigenvalue weighted by Crippen LogP contribution is 2.21. The molecule has 0 aliphatic heterocycles. The van der Waals surface area contributed by atoms with Crippen LogP contribution in [0.1, 0.15) is 28.4 Å². The van der Waals surface area contributed by atoms with E-state index >= 15 is 0 Å². The molecule has 19 heavy (non-hydrogen) atoms. The lowest BCUT2D eigenvalue weighted by Crippen LogP contribution is -1.99. The maximum atomic E-state index is 11.3. The van der Waals surface area contributed by atoms with Gasteiger partial charge in [0.05, 0.1) is 0 Å². The second-order valence-corrected chi connectivity index (χ2v) is 5.25. The summed E-state index contributed by atoms with van der Waals surface area (Å²) in [6.45, 7) is 3.94. The summed E-state index contributed by atoms with van der Waals surface area (Å²) < 4.78 is 6.67. The Morgan fingerprint density at radius 2 is 2.11 bits per heavy atom. The van der Waals surface area contributed by atoms with Gasteiger partial charge in [-0.05, 0) is 59.6 Å². The Bertz CT molecular complexity index is 611. The molecule has 0 saturated carbocycles. The molecule has 0 aliphatic rings. The minimum atomic E-state index is 0.0610. The summed E-state index contributed by atoms with van der Waals surface area (Å²) in [5.74, 6) is 0.843. The Hall–Kier alpha value is -1.68. The van der Waals surface area contributed by atoms with Gasteiger partial charge in [0.25, 0.3) is 0 Å². The van der Waals surface area contributed by atoms with Crippen molar-refractivity contribution >= 4 is 21.7 Å². The van der Waals surface area contributed by atoms with Crippen molar-refractivity contribution in [3.63, 3.8) is 0 Å². The first-order valence-corrected chi connectivity index (χ1v) is 6.69. The lowest BCUT2D eigenvalue weighted by Gasteiger charge is -2.10. The Labute approximate surface area is 120 Å². The molecule has 2 rings (SSSR count). The molecular weight excluding hydrogens is 306 g/mol. The van der Waals surface area contributed by atoms with Crippen LogP contribution in [0.25, 0.3) is 0 Å². The number of ether oxygens (including phenoxy) is 1. The molecule has 1 heterocycles. The zero-order valence-electron chi connectivity index (χ0n) is 10.8. The Morgan fingerprint density at radius 3 is 2.74 bits per heavy atom. The quantitative estimate of drug-likeness (QED) is 0.801. The summed E-state index contributed by atoms with van der Waals surface area (Å²) in [6, 6.07) is 7.42. The number of Topliss-reactive ketones (excluding diaryl/α,β-unsaturated/α-hetero) is 1. The number of hydrogen-bond acceptors (Lipinski definition) is 3. The van der Waals surface area contributed by atoms with Gasteiger partial charge < -0.3 is 4.74 Å². The number of carbonyl (C=O) groups excluding carboxylic acids is 1. The first-order chi connectivity index (χ1) is 9.06. The molecule has 3 nitrogen and oxygen atoms in total. The number of carbonyl (C=O) groups is 1. The van der Waals surface area contributed by atoms with Crippen molar-refractivity contribution in [1.29, 1.82) is 0 Å². The van der Waals surface area contributed by atoms with E-state index in [9.17, 15) is 4.79 Å². The number of hydrogen-bond donors (Lipinski definition) is 0. The molecule has 0 saturated heterocycles. The molecule has 2 aromatic rings. The highest BCUT2D eigenvalue weighted by Gasteiger charge is 2.05. The largest absolute Gasteiger partial charge is 0.489 e. The van der Waals surface area contributed by atoms with Crippen LogP contribution in [0.2, 0.25) is 0 Å². The lowest BCUT2D eigenvalue weighted by atomic mass is 10.1. The molecule has 0 amide bonds. The van der Waals surface area contributed by atoms with E-state index in [2.05, 4.69) is 20.9 Å². The van der Waals surface area contributed by atoms with E-state index in [1.807, 2.05) is 25.1 Å². The minimum Gasteiger partial charge on any atom is -0.489 e. The summed E-state index contributed by atoms with van der Waals surface area (Å²) >= 11 is 3.37. The van der Waals surface area contributed by atoms with Crippen LogP contribution in [0.5, 0.6) is 5.75 Å². The van der Waals surface area contributed by atoms with Crippen molar-refractivity contribution in [2.45, 2.75) is 20.5 Å². The van der Waals surface area contributed by atoms with Crippen LogP contribution in [0.4, 0.5) is 0 Å². The molecule has 0 aliphatic carbocycles. The topological polar surface area (TPSA) is 39.2 Å². The van der Waals surface area contributed by atoms with Crippen LogP contribution in [0.15, 0.2) is 41.1 Å². The maximum absolute atomic E-state index is 11.3. The van der Waals surface area contributed by atoms with Crippen molar-refractivity contribution in [2.24, 2.45) is 0 Å². The standard InChI is InChI=1S/C15H14BrNO2/c1-10-5-13(11(2)18)3-4-15(10)19-9-12-6-14(16)8-17-7-12/h3-8H,9H2,1-2H3. The number of benzene rings is 1. The Balaban J connectivity index is 2.10. The van der Waals surface area contributed by atoms with Gasteiger partial charge in [0.15, 0.2) is 5.78 Å². The van der Waals surface area contributed by atoms with Crippen molar-refractivity contribution in [3.05, 3.63) is 57.8 Å². The van der Waals surface area contributed by atoms with Gasteiger partial charge >= 0.3 is 0 Å². The second-order valence-electron chi connectivity index (χ2n) is 4.34. The summed E-state index contributed by atoms with van der Waals surface area (Å²) in [4.78, 5) is 15.4. The summed E-state index contributed by atoms with van der Waals surface area (Å²) in [5.41, 5.74) is 2.65. The number of aryl methyl sites for hydroxylation is 1. The zero-order chi connectivity index (χ0) is 13.8. The van der Waals surface area contributed by atoms with Gasteiger partial charge in [0, 0.05) is 28.0 Å². The van der Waals surface area contributed by atoms with E-state index in [4.69, 9.17) is 4.74 Å². The molecule has 0 radical (unpaired) electrons. The minimum absolute atomic E-state index is 0.0610. The van der Waals surface area contributed by atoms with Crippen LogP contribution in [-0.4, -0.2) is 10.8 Å². The summed E-state index contributed by atoms with van der Waals surface area (Å²) in [6.07, 6.45) is 3.50. The molecule has 0 N–H and O–H groups in total. The van der Waals surface area contributed by atoms with Crippen molar-refractivity contribution in [2.75, 3.05) is 0 Å². The monoisotopic (exact) mass is 319 g/mol. The second kappa shape index (κ2) is 5.97. The van der Waals surface area contributed by atoms with Crippen molar-refractivity contribution in [3.8, 4) is 5.75 Å². The van der Waals surface area contributed by atoms with Gasteiger partial charge in [-0.1, -0.05) is 0 Å². The van der Waals surface area contributed by atoms with Crippen LogP contribution in [0.3, 0.4) is 0 Å². The molecule has 4 heteroatoms. The highest BCUT2D eigenvalue weighted by atomic mass is 79.9. The molecule has 0 unspecified atom stereocenters. The van der Waals surface area contributed by atoms with Crippen molar-refractivity contribution < 1.29 is 9.53 Å². The molecule has 0 atom stereocenters. The molecular formula is C15H14BrNO2. The van der Waals surface area contributed by atoms with Crippen LogP contribution in [-0.2, 0) is 6.61 Å². The Morgan fingerprint density at radius 1 is 1.32 bits per heavy atom. The van der Waals surface area contributed by atoms with Gasteiger partial charge in [0.1, 0.15) is 12.4 Å². The third kappa shape index (κ3) is 3.64. The molecule has 98 valence electrons. The first kappa shape index (κ1) is 13.7. The number of aromatic nitrogens is 1. The molecule has 1 aromatic heterocycles. The Kier molecular flexibility index (Phi) is 4.32. The molecule has 0 fully saturated rings. The maximum Gasteiger partial charge on any atom is 0.159 e. The number of nitrogens with zero attached hydrogens (tertiary/aromatic N) is 1. The molecule has 0 spiro atoms. The fourth-order valence-electron chi connectivity index (χ4n) is 1.73. The van der Waals surface area contributed by atoms with E-state index in [-0.39, 0.29) is 5.78 Å². The van der Waals surface area contributed by atoms with Gasteiger partial charge in [-0.3, -0.25) is 9.78 Å². The smallest absolute Gasteiger partial charge is 0.159 e. The van der Waals surface area contributed by atoms with Gasteiger partial charge in [-0.15, -0.1) is 0 Å². The fourth-order valence-corrected chi connectivity index (χ4v) is 2.14. The van der Waals surface area contributed by atoms with Gasteiger partial charge in [-0.25, -0.2) is 0 Å². The zero-order valence-corrected chi connectivity index (χ0v) is 12.4. The van der Waals surface area contributed by atoms with E-state index in [0.717, 1.165) is 21.3 Å². The SMILES string of the molecule is CC(=O)c1ccc(OCc2cncc(Br)c2)c(C)c1. The van der Waals surface area contributed by atoms with Crippen LogP contribution >= 0.6 is 15.9 Å². The van der Waals surface area contributed by atoms with E-state index in [0.29, 0.717) is 12.2 Å². The number of pyridine rings is 1. The molecule has 0 bridgehead atoms. The average molecular weight is 320 g/mol. The highest BCUT2D eigenvalue weighted by molar-refractivity contribution is 9.10. The van der Waals surface area contributed by atoms with Gasteiger partial charge in [-0.2, -0.15) is 0 Å². The predicted octanol–water partition coefficient (Wildman–Crippen LogP) is 3.93.